The van der Waals surface area contributed by atoms with Crippen LogP contribution in [0.4, 0.5) is 0 Å². The lowest BCUT2D eigenvalue weighted by molar-refractivity contribution is -0.341. The van der Waals surface area contributed by atoms with Crippen molar-refractivity contribution < 1.29 is 58.6 Å². The molecule has 12 nitrogen and oxygen atoms in total. The number of hydrogen-bond donors (Lipinski definition) is 4. The maximum Gasteiger partial charge on any atom is 0.341 e. The maximum absolute atomic E-state index is 14.9. The van der Waals surface area contributed by atoms with E-state index in [9.17, 15) is 39.6 Å². The molecule has 0 aromatic rings. The van der Waals surface area contributed by atoms with Crippen molar-refractivity contribution in [3.05, 3.63) is 22.7 Å². The van der Waals surface area contributed by atoms with Gasteiger partial charge in [0.2, 0.25) is 0 Å². The molecule has 0 amide bonds. The number of carbonyl (C=O) groups is 4. The molecule has 4 N–H and O–H groups in total. The Bertz CT molecular complexity index is 1700. The van der Waals surface area contributed by atoms with E-state index in [0.717, 1.165) is 0 Å². The molecule has 18 atom stereocenters. The molecule has 12 aliphatic rings. The van der Waals surface area contributed by atoms with Gasteiger partial charge in [0.05, 0.1) is 35.2 Å². The van der Waals surface area contributed by atoms with Crippen molar-refractivity contribution in [2.45, 2.75) is 136 Å². The Balaban J connectivity index is 1.22. The van der Waals surface area contributed by atoms with E-state index in [0.29, 0.717) is 25.7 Å². The minimum atomic E-state index is -1.68. The Hall–Kier alpha value is -2.45. The van der Waals surface area contributed by atoms with Crippen LogP contribution in [0.3, 0.4) is 0 Å². The van der Waals surface area contributed by atoms with E-state index in [1.165, 1.54) is 11.8 Å². The van der Waals surface area contributed by atoms with E-state index in [1.807, 2.05) is 13.8 Å². The molecule has 0 radical (unpaired) electrons. The minimum Gasteiger partial charge on any atom is -0.512 e. The fourth-order valence-corrected chi connectivity index (χ4v) is 15.9. The molecular weight excluding hydrogens is 680 g/mol. The molecule has 4 spiro atoms. The van der Waals surface area contributed by atoms with Gasteiger partial charge in [-0.15, -0.1) is 0 Å². The van der Waals surface area contributed by atoms with Gasteiger partial charge in [0.1, 0.15) is 34.2 Å². The molecule has 13 heteroatoms. The summed E-state index contributed by atoms with van der Waals surface area (Å²) in [5.41, 5.74) is -8.79. The van der Waals surface area contributed by atoms with E-state index in [1.54, 1.807) is 27.7 Å². The number of esters is 2. The number of thioether (sulfide) groups is 1. The van der Waals surface area contributed by atoms with Gasteiger partial charge in [0, 0.05) is 47.0 Å². The second kappa shape index (κ2) is 9.43. The van der Waals surface area contributed by atoms with Gasteiger partial charge in [0.15, 0.2) is 22.4 Å². The fourth-order valence-electron chi connectivity index (χ4n) is 13.5. The SMILES string of the molecule is C[C@H]1CC/C(O)=C2/C(=O)O[C@]34C[C@H](C)[C@]5(C)O[C@]23[C@H](C1=O)[C@@H](S[C@H]1[C@H]2[C@H](O)[C@@]3(C)O[C@@]67/C(=C(/O)CC[C@H](C)C(=O)[C@H]16)C(=O)O[C@@]27C[C@@H]3C)[C@H]4[C@@H]5O. The van der Waals surface area contributed by atoms with Crippen LogP contribution in [-0.4, -0.2) is 100 Å². The third kappa shape index (κ3) is 3.13. The zero-order valence-corrected chi connectivity index (χ0v) is 30.5. The Morgan fingerprint density at radius 2 is 1.02 bits per heavy atom. The summed E-state index contributed by atoms with van der Waals surface area (Å²) in [5, 5.41) is 46.3. The van der Waals surface area contributed by atoms with Gasteiger partial charge in [-0.1, -0.05) is 27.7 Å². The highest BCUT2D eigenvalue weighted by Crippen LogP contribution is 2.79. The Labute approximate surface area is 299 Å². The fraction of sp³-hybridized carbons (Fsp3) is 0.789. The lowest BCUT2D eigenvalue weighted by Crippen LogP contribution is -2.76. The Morgan fingerprint density at radius 1 is 0.647 bits per heavy atom. The molecule has 6 aliphatic carbocycles. The van der Waals surface area contributed by atoms with Crippen molar-refractivity contribution >= 4 is 35.3 Å². The molecule has 51 heavy (non-hydrogen) atoms. The van der Waals surface area contributed by atoms with Crippen LogP contribution < -0.4 is 0 Å². The summed E-state index contributed by atoms with van der Waals surface area (Å²) < 4.78 is 26.7. The highest BCUT2D eigenvalue weighted by molar-refractivity contribution is 8.00. The number of hydrogen-bond acceptors (Lipinski definition) is 13. The third-order valence-electron chi connectivity index (χ3n) is 16.2. The first kappa shape index (κ1) is 33.1. The lowest BCUT2D eigenvalue weighted by Gasteiger charge is -2.63. The Morgan fingerprint density at radius 3 is 1.39 bits per heavy atom. The van der Waals surface area contributed by atoms with Crippen molar-refractivity contribution in [2.24, 2.45) is 47.3 Å². The number of aliphatic hydroxyl groups is 4. The summed E-state index contributed by atoms with van der Waals surface area (Å²) in [6, 6.07) is 0. The van der Waals surface area contributed by atoms with Gasteiger partial charge in [-0.05, 0) is 51.4 Å². The molecule has 6 saturated heterocycles. The van der Waals surface area contributed by atoms with Crippen molar-refractivity contribution in [2.75, 3.05) is 0 Å². The molecule has 8 bridgehead atoms. The summed E-state index contributed by atoms with van der Waals surface area (Å²) in [6.07, 6.45) is -1.01. The average Bonchev–Trinajstić information content (AvgIpc) is 3.57. The normalized spacial score (nSPS) is 61.8. The van der Waals surface area contributed by atoms with E-state index >= 15 is 0 Å². The predicted molar refractivity (Wildman–Crippen MR) is 177 cm³/mol. The number of rotatable bonds is 2. The predicted octanol–water partition coefficient (Wildman–Crippen LogP) is 3.02. The van der Waals surface area contributed by atoms with Crippen molar-refractivity contribution in [3.63, 3.8) is 0 Å². The summed E-state index contributed by atoms with van der Waals surface area (Å²) in [6.45, 7) is 11.0. The first-order valence-electron chi connectivity index (χ1n) is 18.7. The molecule has 12 rings (SSSR count). The summed E-state index contributed by atoms with van der Waals surface area (Å²) in [4.78, 5) is 57.6. The third-order valence-corrected chi connectivity index (χ3v) is 17.9. The van der Waals surface area contributed by atoms with Crippen molar-refractivity contribution in [1.29, 1.82) is 0 Å². The topological polar surface area (TPSA) is 186 Å². The van der Waals surface area contributed by atoms with E-state index in [4.69, 9.17) is 18.9 Å². The number of ether oxygens (including phenoxy) is 4. The molecule has 276 valence electrons. The van der Waals surface area contributed by atoms with Crippen LogP contribution in [0.1, 0.15) is 80.1 Å². The van der Waals surface area contributed by atoms with Gasteiger partial charge in [-0.25, -0.2) is 9.59 Å². The van der Waals surface area contributed by atoms with Crippen LogP contribution in [0.15, 0.2) is 22.7 Å². The average molecular weight is 727 g/mol. The summed E-state index contributed by atoms with van der Waals surface area (Å²) in [7, 11) is 0. The molecule has 0 unspecified atom stereocenters. The van der Waals surface area contributed by atoms with Crippen LogP contribution >= 0.6 is 11.8 Å². The zero-order chi connectivity index (χ0) is 36.3. The molecular formula is C38H46O12S. The van der Waals surface area contributed by atoms with Crippen LogP contribution in [0.25, 0.3) is 0 Å². The highest BCUT2D eigenvalue weighted by atomic mass is 32.2. The largest absolute Gasteiger partial charge is 0.512 e. The molecule has 0 aromatic carbocycles. The summed E-state index contributed by atoms with van der Waals surface area (Å²) in [5.74, 6) is -7.57. The smallest absolute Gasteiger partial charge is 0.341 e. The number of carbonyl (C=O) groups excluding carboxylic acids is 4. The van der Waals surface area contributed by atoms with E-state index in [-0.39, 0.29) is 58.9 Å². The molecule has 4 saturated carbocycles. The zero-order valence-electron chi connectivity index (χ0n) is 29.6. The van der Waals surface area contributed by atoms with Crippen LogP contribution in [0.5, 0.6) is 0 Å². The number of allylic oxidation sites excluding steroid dienone is 2. The number of ketones is 2. The number of aliphatic hydroxyl groups excluding tert-OH is 4. The van der Waals surface area contributed by atoms with Gasteiger partial charge < -0.3 is 39.4 Å². The van der Waals surface area contributed by atoms with Crippen LogP contribution in [0, 0.1) is 47.3 Å². The second-order valence-corrected chi connectivity index (χ2v) is 19.5. The van der Waals surface area contributed by atoms with Crippen molar-refractivity contribution in [3.8, 4) is 0 Å². The van der Waals surface area contributed by atoms with Crippen LogP contribution in [-0.2, 0) is 38.1 Å². The minimum absolute atomic E-state index is 0.0476. The van der Waals surface area contributed by atoms with Gasteiger partial charge in [-0.3, -0.25) is 9.59 Å². The van der Waals surface area contributed by atoms with E-state index < -0.39 is 104 Å². The lowest BCUT2D eigenvalue weighted by atomic mass is 9.56. The first-order chi connectivity index (χ1) is 23.9. The molecule has 10 fully saturated rings. The van der Waals surface area contributed by atoms with Gasteiger partial charge in [-0.2, -0.15) is 11.8 Å². The van der Waals surface area contributed by atoms with Crippen molar-refractivity contribution in [1.82, 2.24) is 0 Å². The number of fused-ring (bicyclic) bond motifs is 2. The second-order valence-electron chi connectivity index (χ2n) is 18.1. The quantitative estimate of drug-likeness (QED) is 0.305. The first-order valence-corrected chi connectivity index (χ1v) is 19.6. The standard InChI is InChI=1S/C38H46O12S/c1-13-7-9-17(39)19-31(45)47-35-11-15(3)33(5)29(43)23(35)27(21(25(13)41)37(19,35)49-33)51-28-22-26(42)14(2)8-10-18(40)20-32(46)48-36-12-16(4)34(6,30(44)24(28)36)50-38(20,22)36/h13-16,21-24,27-30,39-40,43-44H,7-12H2,1-6H3/b19-17+,20-18+/t13-,14-,15-,16-,21+,22+,23-,24-,27+,28+,29-,30-,33-,34-,35-,36-,37-,38-/m0/s1. The number of Topliss-reactive ketones (excluding diaryl/α,β-unsaturated/α-hetero) is 2. The maximum atomic E-state index is 14.9. The molecule has 0 aromatic heterocycles. The molecule has 6 heterocycles. The monoisotopic (exact) mass is 726 g/mol. The van der Waals surface area contributed by atoms with Crippen LogP contribution in [0.2, 0.25) is 0 Å². The Kier molecular flexibility index (Phi) is 6.13. The van der Waals surface area contributed by atoms with Gasteiger partial charge >= 0.3 is 11.9 Å². The highest BCUT2D eigenvalue weighted by Gasteiger charge is 2.92. The molecule has 6 aliphatic heterocycles. The van der Waals surface area contributed by atoms with Gasteiger partial charge in [0.25, 0.3) is 0 Å². The van der Waals surface area contributed by atoms with E-state index in [2.05, 4.69) is 0 Å². The summed E-state index contributed by atoms with van der Waals surface area (Å²) >= 11 is 1.32.